The molecule has 0 saturated heterocycles. The molecule has 2 atom stereocenters. The summed E-state index contributed by atoms with van der Waals surface area (Å²) in [6.45, 7) is 11.3. The largest absolute Gasteiger partial charge is 0.462 e. The van der Waals surface area contributed by atoms with Crippen LogP contribution in [-0.4, -0.2) is 37.2 Å². The van der Waals surface area contributed by atoms with E-state index in [2.05, 4.69) is 34.6 Å². The Hall–Kier alpha value is -1.59. The van der Waals surface area contributed by atoms with Crippen molar-refractivity contribution in [3.63, 3.8) is 0 Å². The molecular weight excluding hydrogens is 697 g/mol. The zero-order chi connectivity index (χ0) is 41.2. The van der Waals surface area contributed by atoms with Crippen LogP contribution in [0.3, 0.4) is 0 Å². The fourth-order valence-corrected chi connectivity index (χ4v) is 7.43. The Bertz CT molecular complexity index is 856. The van der Waals surface area contributed by atoms with Crippen LogP contribution in [0, 0.1) is 11.8 Å². The van der Waals surface area contributed by atoms with Crippen LogP contribution in [-0.2, 0) is 28.6 Å². The number of esters is 3. The Kier molecular flexibility index (Phi) is 41.8. The van der Waals surface area contributed by atoms with E-state index in [0.29, 0.717) is 19.3 Å². The molecule has 6 nitrogen and oxygen atoms in total. The topological polar surface area (TPSA) is 78.9 Å². The molecule has 0 amide bonds. The minimum absolute atomic E-state index is 0.0648. The maximum absolute atomic E-state index is 12.7. The Labute approximate surface area is 348 Å². The Morgan fingerprint density at radius 1 is 0.375 bits per heavy atom. The lowest BCUT2D eigenvalue weighted by atomic mass is 9.99. The van der Waals surface area contributed by atoms with Crippen LogP contribution >= 0.6 is 0 Å². The highest BCUT2D eigenvalue weighted by Crippen LogP contribution is 2.17. The quantitative estimate of drug-likeness (QED) is 0.0347. The molecule has 0 saturated carbocycles. The Balaban J connectivity index is 4.24. The number of unbranched alkanes of at least 4 members (excludes halogenated alkanes) is 28. The zero-order valence-electron chi connectivity index (χ0n) is 38.3. The van der Waals surface area contributed by atoms with Crippen LogP contribution in [0.2, 0.25) is 0 Å². The molecule has 1 unspecified atom stereocenters. The SMILES string of the molecule is CCCCCCCCCCCCC(=O)OC[C@H](COC(=O)CCCCCCCCCCCCCCCCC(C)CC)OC(=O)CCCCCCCCCC(C)C. The Morgan fingerprint density at radius 3 is 1.02 bits per heavy atom. The molecule has 0 bridgehead atoms. The summed E-state index contributed by atoms with van der Waals surface area (Å²) >= 11 is 0. The molecule has 0 spiro atoms. The van der Waals surface area contributed by atoms with Gasteiger partial charge >= 0.3 is 17.9 Å². The molecule has 0 aromatic rings. The third-order valence-electron chi connectivity index (χ3n) is 11.6. The van der Waals surface area contributed by atoms with Gasteiger partial charge in [0.1, 0.15) is 13.2 Å². The van der Waals surface area contributed by atoms with Gasteiger partial charge in [-0.15, -0.1) is 0 Å². The number of rotatable bonds is 44. The molecule has 0 heterocycles. The number of hydrogen-bond donors (Lipinski definition) is 0. The van der Waals surface area contributed by atoms with E-state index in [1.807, 2.05) is 0 Å². The first-order valence-electron chi connectivity index (χ1n) is 24.8. The van der Waals surface area contributed by atoms with E-state index in [1.54, 1.807) is 0 Å². The van der Waals surface area contributed by atoms with Crippen molar-refractivity contribution < 1.29 is 28.6 Å². The van der Waals surface area contributed by atoms with Crippen LogP contribution < -0.4 is 0 Å². The van der Waals surface area contributed by atoms with E-state index < -0.39 is 6.10 Å². The van der Waals surface area contributed by atoms with Gasteiger partial charge in [-0.25, -0.2) is 0 Å². The van der Waals surface area contributed by atoms with Gasteiger partial charge in [0, 0.05) is 19.3 Å². The van der Waals surface area contributed by atoms with E-state index in [0.717, 1.165) is 69.6 Å². The van der Waals surface area contributed by atoms with Crippen molar-refractivity contribution >= 4 is 17.9 Å². The lowest BCUT2D eigenvalue weighted by Crippen LogP contribution is -2.30. The third kappa shape index (κ3) is 42.0. The maximum atomic E-state index is 12.7. The molecule has 56 heavy (non-hydrogen) atoms. The predicted octanol–water partition coefficient (Wildman–Crippen LogP) is 15.8. The van der Waals surface area contributed by atoms with Gasteiger partial charge in [0.25, 0.3) is 0 Å². The molecule has 0 aliphatic carbocycles. The molecule has 0 aliphatic heterocycles. The van der Waals surface area contributed by atoms with Crippen LogP contribution in [0.1, 0.15) is 272 Å². The second-order valence-corrected chi connectivity index (χ2v) is 17.8. The van der Waals surface area contributed by atoms with Gasteiger partial charge in [0.15, 0.2) is 6.10 Å². The molecular formula is C50H96O6. The van der Waals surface area contributed by atoms with Crippen molar-refractivity contribution in [2.24, 2.45) is 11.8 Å². The summed E-state index contributed by atoms with van der Waals surface area (Å²) in [6.07, 6.45) is 42.3. The van der Waals surface area contributed by atoms with Crippen molar-refractivity contribution in [2.75, 3.05) is 13.2 Å². The monoisotopic (exact) mass is 793 g/mol. The molecule has 332 valence electrons. The number of hydrogen-bond acceptors (Lipinski definition) is 6. The Morgan fingerprint density at radius 2 is 0.679 bits per heavy atom. The summed E-state index contributed by atoms with van der Waals surface area (Å²) in [4.78, 5) is 37.8. The highest BCUT2D eigenvalue weighted by atomic mass is 16.6. The molecule has 0 fully saturated rings. The van der Waals surface area contributed by atoms with E-state index >= 15 is 0 Å². The lowest BCUT2D eigenvalue weighted by molar-refractivity contribution is -0.167. The van der Waals surface area contributed by atoms with Crippen LogP contribution in [0.15, 0.2) is 0 Å². The van der Waals surface area contributed by atoms with Gasteiger partial charge in [0.05, 0.1) is 0 Å². The van der Waals surface area contributed by atoms with Gasteiger partial charge in [-0.1, -0.05) is 234 Å². The van der Waals surface area contributed by atoms with Crippen molar-refractivity contribution in [1.29, 1.82) is 0 Å². The van der Waals surface area contributed by atoms with E-state index in [1.165, 1.54) is 161 Å². The van der Waals surface area contributed by atoms with Crippen LogP contribution in [0.4, 0.5) is 0 Å². The fourth-order valence-electron chi connectivity index (χ4n) is 7.43. The van der Waals surface area contributed by atoms with Crippen molar-refractivity contribution in [1.82, 2.24) is 0 Å². The minimum Gasteiger partial charge on any atom is -0.462 e. The first-order chi connectivity index (χ1) is 27.3. The predicted molar refractivity (Wildman–Crippen MR) is 238 cm³/mol. The molecule has 0 aliphatic rings. The van der Waals surface area contributed by atoms with Gasteiger partial charge in [-0.3, -0.25) is 14.4 Å². The van der Waals surface area contributed by atoms with Crippen molar-refractivity contribution in [3.8, 4) is 0 Å². The van der Waals surface area contributed by atoms with Gasteiger partial charge in [-0.05, 0) is 31.1 Å². The molecule has 0 radical (unpaired) electrons. The number of ether oxygens (including phenoxy) is 3. The molecule has 0 aromatic carbocycles. The highest BCUT2D eigenvalue weighted by Gasteiger charge is 2.19. The van der Waals surface area contributed by atoms with E-state index in [4.69, 9.17) is 14.2 Å². The van der Waals surface area contributed by atoms with Crippen LogP contribution in [0.25, 0.3) is 0 Å². The van der Waals surface area contributed by atoms with Crippen molar-refractivity contribution in [3.05, 3.63) is 0 Å². The third-order valence-corrected chi connectivity index (χ3v) is 11.6. The summed E-state index contributed by atoms with van der Waals surface area (Å²) in [5.41, 5.74) is 0. The summed E-state index contributed by atoms with van der Waals surface area (Å²) in [5, 5.41) is 0. The molecule has 0 N–H and O–H groups in total. The highest BCUT2D eigenvalue weighted by molar-refractivity contribution is 5.71. The molecule has 0 rings (SSSR count). The van der Waals surface area contributed by atoms with E-state index in [9.17, 15) is 14.4 Å². The summed E-state index contributed by atoms with van der Waals surface area (Å²) in [6, 6.07) is 0. The summed E-state index contributed by atoms with van der Waals surface area (Å²) < 4.78 is 16.7. The average molecular weight is 793 g/mol. The second kappa shape index (κ2) is 43.0. The minimum atomic E-state index is -0.761. The van der Waals surface area contributed by atoms with Gasteiger partial charge in [-0.2, -0.15) is 0 Å². The second-order valence-electron chi connectivity index (χ2n) is 17.8. The smallest absolute Gasteiger partial charge is 0.306 e. The van der Waals surface area contributed by atoms with Gasteiger partial charge in [0.2, 0.25) is 0 Å². The number of carbonyl (C=O) groups is 3. The fraction of sp³-hybridized carbons (Fsp3) is 0.940. The molecule has 6 heteroatoms. The van der Waals surface area contributed by atoms with Crippen molar-refractivity contribution in [2.45, 2.75) is 278 Å². The lowest BCUT2D eigenvalue weighted by Gasteiger charge is -2.18. The summed E-state index contributed by atoms with van der Waals surface area (Å²) in [7, 11) is 0. The normalized spacial score (nSPS) is 12.5. The van der Waals surface area contributed by atoms with E-state index in [-0.39, 0.29) is 31.1 Å². The van der Waals surface area contributed by atoms with Gasteiger partial charge < -0.3 is 14.2 Å². The first-order valence-corrected chi connectivity index (χ1v) is 24.8. The number of carbonyl (C=O) groups excluding carboxylic acids is 3. The maximum Gasteiger partial charge on any atom is 0.306 e. The van der Waals surface area contributed by atoms with Crippen LogP contribution in [0.5, 0.6) is 0 Å². The standard InChI is InChI=1S/C50H96O6/c1-6-8-9-10-11-12-20-25-30-35-40-48(51)54-43-47(56-50(53)42-37-32-27-22-23-28-33-38-45(3)4)44-55-49(52)41-36-31-26-21-18-16-14-13-15-17-19-24-29-34-39-46(5)7-2/h45-47H,6-44H2,1-5H3/t46?,47-/m1/s1. The summed E-state index contributed by atoms with van der Waals surface area (Å²) in [5.74, 6) is 0.818. The average Bonchev–Trinajstić information content (AvgIpc) is 3.18. The first kappa shape index (κ1) is 54.4. The zero-order valence-corrected chi connectivity index (χ0v) is 38.3. The molecule has 0 aromatic heterocycles.